The highest BCUT2D eigenvalue weighted by Crippen LogP contribution is 2.28. The Labute approximate surface area is 70.5 Å². The van der Waals surface area contributed by atoms with Gasteiger partial charge in [-0.1, -0.05) is 0 Å². The van der Waals surface area contributed by atoms with Gasteiger partial charge >= 0.3 is 0 Å². The fourth-order valence-electron chi connectivity index (χ4n) is 1.21. The summed E-state index contributed by atoms with van der Waals surface area (Å²) in [5.41, 5.74) is 0.896. The normalized spacial score (nSPS) is 21.2. The number of phenolic OH excluding ortho intramolecular Hbond substituents is 1. The van der Waals surface area contributed by atoms with E-state index in [1.807, 2.05) is 6.92 Å². The van der Waals surface area contributed by atoms with Crippen LogP contribution in [0.2, 0.25) is 0 Å². The van der Waals surface area contributed by atoms with Crippen molar-refractivity contribution in [2.24, 2.45) is 0 Å². The smallest absolute Gasteiger partial charge is 0.197 e. The van der Waals surface area contributed by atoms with Crippen molar-refractivity contribution in [3.05, 3.63) is 23.8 Å². The van der Waals surface area contributed by atoms with Gasteiger partial charge in [0.2, 0.25) is 0 Å². The molecule has 1 atom stereocenters. The van der Waals surface area contributed by atoms with Crippen molar-refractivity contribution in [1.82, 2.24) is 0 Å². The first-order valence-electron chi connectivity index (χ1n) is 3.86. The number of benzene rings is 1. The number of fused-ring (bicyclic) bond motifs is 1. The molecule has 1 aromatic carbocycles. The molecule has 0 aliphatic carbocycles. The van der Waals surface area contributed by atoms with E-state index in [0.717, 1.165) is 11.3 Å². The van der Waals surface area contributed by atoms with Gasteiger partial charge in [0.05, 0.1) is 6.61 Å². The number of hydrogen-bond donors (Lipinski definition) is 1. The van der Waals surface area contributed by atoms with Crippen LogP contribution in [-0.2, 0) is 11.3 Å². The van der Waals surface area contributed by atoms with E-state index < -0.39 is 0 Å². The molecule has 3 nitrogen and oxygen atoms in total. The fourth-order valence-corrected chi connectivity index (χ4v) is 1.21. The molecule has 0 aromatic heterocycles. The average molecular weight is 166 g/mol. The first-order chi connectivity index (χ1) is 5.75. The molecule has 0 fully saturated rings. The predicted molar refractivity (Wildman–Crippen MR) is 43.0 cm³/mol. The summed E-state index contributed by atoms with van der Waals surface area (Å²) in [6.45, 7) is 2.35. The summed E-state index contributed by atoms with van der Waals surface area (Å²) in [6, 6.07) is 5.02. The van der Waals surface area contributed by atoms with Crippen LogP contribution in [0.5, 0.6) is 11.5 Å². The first-order valence-corrected chi connectivity index (χ1v) is 3.86. The summed E-state index contributed by atoms with van der Waals surface area (Å²) in [5, 5.41) is 9.14. The summed E-state index contributed by atoms with van der Waals surface area (Å²) < 4.78 is 10.6. The minimum absolute atomic E-state index is 0.193. The van der Waals surface area contributed by atoms with Crippen LogP contribution in [-0.4, -0.2) is 11.4 Å². The summed E-state index contributed by atoms with van der Waals surface area (Å²) >= 11 is 0. The highest BCUT2D eigenvalue weighted by Gasteiger charge is 2.15. The maximum Gasteiger partial charge on any atom is 0.197 e. The predicted octanol–water partition coefficient (Wildman–Crippen LogP) is 1.65. The van der Waals surface area contributed by atoms with Crippen molar-refractivity contribution in [1.29, 1.82) is 0 Å². The number of ether oxygens (including phenoxy) is 2. The zero-order valence-electron chi connectivity index (χ0n) is 6.78. The SMILES string of the molecule is C[C@@H]1OCc2cc(O)ccc2O1. The molecule has 12 heavy (non-hydrogen) atoms. The molecule has 0 amide bonds. The molecule has 64 valence electrons. The number of phenols is 1. The van der Waals surface area contributed by atoms with Crippen molar-refractivity contribution in [3.63, 3.8) is 0 Å². The van der Waals surface area contributed by atoms with E-state index in [9.17, 15) is 0 Å². The van der Waals surface area contributed by atoms with Crippen molar-refractivity contribution in [2.45, 2.75) is 19.8 Å². The molecule has 1 heterocycles. The Bertz CT molecular complexity index is 296. The van der Waals surface area contributed by atoms with Crippen LogP contribution in [0, 0.1) is 0 Å². The van der Waals surface area contributed by atoms with Crippen LogP contribution < -0.4 is 4.74 Å². The van der Waals surface area contributed by atoms with Gasteiger partial charge in [-0.2, -0.15) is 0 Å². The Hall–Kier alpha value is -1.22. The molecule has 1 aromatic rings. The molecule has 1 aliphatic heterocycles. The molecule has 0 radical (unpaired) electrons. The highest BCUT2D eigenvalue weighted by molar-refractivity contribution is 5.39. The van der Waals surface area contributed by atoms with E-state index in [-0.39, 0.29) is 12.0 Å². The molecule has 0 saturated carbocycles. The van der Waals surface area contributed by atoms with Crippen LogP contribution in [0.1, 0.15) is 12.5 Å². The second-order valence-electron chi connectivity index (χ2n) is 2.79. The minimum Gasteiger partial charge on any atom is -0.508 e. The van der Waals surface area contributed by atoms with Crippen LogP contribution in [0.3, 0.4) is 0 Å². The third-order valence-corrected chi connectivity index (χ3v) is 1.81. The second kappa shape index (κ2) is 2.68. The topological polar surface area (TPSA) is 38.7 Å². The fraction of sp³-hybridized carbons (Fsp3) is 0.333. The largest absolute Gasteiger partial charge is 0.508 e. The summed E-state index contributed by atoms with van der Waals surface area (Å²) in [7, 11) is 0. The van der Waals surface area contributed by atoms with Gasteiger partial charge in [-0.05, 0) is 25.1 Å². The molecule has 0 spiro atoms. The molecule has 0 saturated heterocycles. The van der Waals surface area contributed by atoms with Gasteiger partial charge in [-0.25, -0.2) is 0 Å². The number of hydrogen-bond acceptors (Lipinski definition) is 3. The lowest BCUT2D eigenvalue weighted by molar-refractivity contribution is -0.0944. The number of rotatable bonds is 0. The van der Waals surface area contributed by atoms with Gasteiger partial charge in [0.1, 0.15) is 11.5 Å². The zero-order valence-corrected chi connectivity index (χ0v) is 6.78. The highest BCUT2D eigenvalue weighted by atomic mass is 16.7. The Balaban J connectivity index is 2.37. The molecule has 1 aliphatic rings. The van der Waals surface area contributed by atoms with Gasteiger partial charge < -0.3 is 14.6 Å². The monoisotopic (exact) mass is 166 g/mol. The third-order valence-electron chi connectivity index (χ3n) is 1.81. The Kier molecular flexibility index (Phi) is 1.66. The molecule has 0 bridgehead atoms. The second-order valence-corrected chi connectivity index (χ2v) is 2.79. The van der Waals surface area contributed by atoms with E-state index in [1.54, 1.807) is 18.2 Å². The van der Waals surface area contributed by atoms with Gasteiger partial charge in [0, 0.05) is 5.56 Å². The summed E-state index contributed by atoms with van der Waals surface area (Å²) in [5.74, 6) is 1.04. The quantitative estimate of drug-likeness (QED) is 0.636. The lowest BCUT2D eigenvalue weighted by atomic mass is 10.2. The molecule has 1 N–H and O–H groups in total. The van der Waals surface area contributed by atoms with E-state index in [2.05, 4.69) is 0 Å². The van der Waals surface area contributed by atoms with E-state index in [1.165, 1.54) is 0 Å². The zero-order chi connectivity index (χ0) is 8.55. The maximum absolute atomic E-state index is 9.14. The minimum atomic E-state index is -0.193. The average Bonchev–Trinajstić information content (AvgIpc) is 2.05. The van der Waals surface area contributed by atoms with Crippen LogP contribution in [0.4, 0.5) is 0 Å². The molecule has 2 rings (SSSR count). The Morgan fingerprint density at radius 2 is 2.33 bits per heavy atom. The van der Waals surface area contributed by atoms with Crippen molar-refractivity contribution >= 4 is 0 Å². The lowest BCUT2D eigenvalue weighted by Crippen LogP contribution is -2.21. The summed E-state index contributed by atoms with van der Waals surface area (Å²) in [6.07, 6.45) is -0.193. The number of aromatic hydroxyl groups is 1. The van der Waals surface area contributed by atoms with Crippen LogP contribution in [0.15, 0.2) is 18.2 Å². The van der Waals surface area contributed by atoms with E-state index >= 15 is 0 Å². The van der Waals surface area contributed by atoms with E-state index in [0.29, 0.717) is 6.61 Å². The van der Waals surface area contributed by atoms with Crippen molar-refractivity contribution in [2.75, 3.05) is 0 Å². The maximum atomic E-state index is 9.14. The molecule has 0 unspecified atom stereocenters. The van der Waals surface area contributed by atoms with Gasteiger partial charge in [-0.3, -0.25) is 0 Å². The Morgan fingerprint density at radius 1 is 1.50 bits per heavy atom. The van der Waals surface area contributed by atoms with Crippen LogP contribution >= 0.6 is 0 Å². The third kappa shape index (κ3) is 1.23. The van der Waals surface area contributed by atoms with Gasteiger partial charge in [-0.15, -0.1) is 0 Å². The van der Waals surface area contributed by atoms with Crippen LogP contribution in [0.25, 0.3) is 0 Å². The van der Waals surface area contributed by atoms with Crippen molar-refractivity contribution < 1.29 is 14.6 Å². The molecular weight excluding hydrogens is 156 g/mol. The van der Waals surface area contributed by atoms with Crippen molar-refractivity contribution in [3.8, 4) is 11.5 Å². The standard InChI is InChI=1S/C9H10O3/c1-6-11-5-7-4-8(10)2-3-9(7)12-6/h2-4,6,10H,5H2,1H3/t6-/m1/s1. The molecular formula is C9H10O3. The van der Waals surface area contributed by atoms with Gasteiger partial charge in [0.25, 0.3) is 0 Å². The van der Waals surface area contributed by atoms with E-state index in [4.69, 9.17) is 14.6 Å². The molecule has 3 heteroatoms. The summed E-state index contributed by atoms with van der Waals surface area (Å²) in [4.78, 5) is 0. The first kappa shape index (κ1) is 7.43. The van der Waals surface area contributed by atoms with Gasteiger partial charge in [0.15, 0.2) is 6.29 Å². The lowest BCUT2D eigenvalue weighted by Gasteiger charge is -2.23. The Morgan fingerprint density at radius 3 is 3.17 bits per heavy atom.